The van der Waals surface area contributed by atoms with Gasteiger partial charge in [-0.15, -0.1) is 0 Å². The first-order valence-corrected chi connectivity index (χ1v) is 6.70. The van der Waals surface area contributed by atoms with E-state index in [1.165, 1.54) is 12.1 Å². The standard InChI is InChI=1S/C13H22N4O3/c1-10(2)15(11(3)4)8-6-14-13-9-12(17(19)20)5-7-16(13)18/h5,7,9-11,14H,6,8H2,1-4H3. The molecule has 1 rings (SSSR count). The van der Waals surface area contributed by atoms with E-state index in [1.54, 1.807) is 0 Å². The first-order chi connectivity index (χ1) is 9.32. The Hall–Kier alpha value is -1.89. The van der Waals surface area contributed by atoms with Crippen molar-refractivity contribution in [3.63, 3.8) is 0 Å². The van der Waals surface area contributed by atoms with E-state index in [2.05, 4.69) is 37.9 Å². The Balaban J connectivity index is 2.65. The van der Waals surface area contributed by atoms with Crippen molar-refractivity contribution in [1.29, 1.82) is 0 Å². The molecule has 0 aliphatic carbocycles. The lowest BCUT2D eigenvalue weighted by atomic mass is 10.2. The number of nitrogens with zero attached hydrogens (tertiary/aromatic N) is 3. The van der Waals surface area contributed by atoms with Crippen molar-refractivity contribution in [3.8, 4) is 0 Å². The van der Waals surface area contributed by atoms with Gasteiger partial charge in [0.2, 0.25) is 0 Å². The minimum Gasteiger partial charge on any atom is -0.711 e. The summed E-state index contributed by atoms with van der Waals surface area (Å²) >= 11 is 0. The molecule has 112 valence electrons. The van der Waals surface area contributed by atoms with Gasteiger partial charge in [-0.05, 0) is 27.7 Å². The summed E-state index contributed by atoms with van der Waals surface area (Å²) in [6, 6.07) is 3.25. The summed E-state index contributed by atoms with van der Waals surface area (Å²) in [5.41, 5.74) is -0.0934. The molecule has 1 aromatic rings. The van der Waals surface area contributed by atoms with E-state index in [9.17, 15) is 15.3 Å². The zero-order chi connectivity index (χ0) is 15.3. The van der Waals surface area contributed by atoms with Gasteiger partial charge in [0.05, 0.1) is 17.5 Å². The molecule has 0 aliphatic heterocycles. The fraction of sp³-hybridized carbons (Fsp3) is 0.615. The number of hydrogen-bond donors (Lipinski definition) is 1. The van der Waals surface area contributed by atoms with E-state index in [4.69, 9.17) is 0 Å². The van der Waals surface area contributed by atoms with Gasteiger partial charge in [-0.2, -0.15) is 0 Å². The Labute approximate surface area is 118 Å². The highest BCUT2D eigenvalue weighted by Gasteiger charge is 2.16. The molecule has 0 aromatic carbocycles. The number of hydrogen-bond acceptors (Lipinski definition) is 5. The number of nitro groups is 1. The van der Waals surface area contributed by atoms with Gasteiger partial charge in [0.25, 0.3) is 11.5 Å². The highest BCUT2D eigenvalue weighted by Crippen LogP contribution is 2.13. The van der Waals surface area contributed by atoms with Crippen LogP contribution in [0.1, 0.15) is 27.7 Å². The molecule has 0 bridgehead atoms. The van der Waals surface area contributed by atoms with Crippen molar-refractivity contribution in [1.82, 2.24) is 4.90 Å². The van der Waals surface area contributed by atoms with Crippen LogP contribution in [0, 0.1) is 15.3 Å². The molecule has 1 N–H and O–H groups in total. The lowest BCUT2D eigenvalue weighted by Gasteiger charge is -2.29. The Kier molecular flexibility index (Phi) is 5.69. The summed E-state index contributed by atoms with van der Waals surface area (Å²) in [6.07, 6.45) is 1.14. The highest BCUT2D eigenvalue weighted by atomic mass is 16.6. The second-order valence-electron chi connectivity index (χ2n) is 5.21. The van der Waals surface area contributed by atoms with E-state index in [-0.39, 0.29) is 11.5 Å². The van der Waals surface area contributed by atoms with Crippen LogP contribution < -0.4 is 10.0 Å². The maximum absolute atomic E-state index is 11.6. The number of rotatable bonds is 7. The second kappa shape index (κ2) is 7.04. The van der Waals surface area contributed by atoms with Gasteiger partial charge in [-0.1, -0.05) is 0 Å². The van der Waals surface area contributed by atoms with Gasteiger partial charge in [-0.3, -0.25) is 20.3 Å². The van der Waals surface area contributed by atoms with Crippen LogP contribution in [0.3, 0.4) is 0 Å². The van der Waals surface area contributed by atoms with E-state index < -0.39 is 4.92 Å². The molecule has 0 aliphatic rings. The molecule has 1 aromatic heterocycles. The summed E-state index contributed by atoms with van der Waals surface area (Å²) in [6.45, 7) is 9.77. The monoisotopic (exact) mass is 282 g/mol. The second-order valence-corrected chi connectivity index (χ2v) is 5.21. The lowest BCUT2D eigenvalue weighted by molar-refractivity contribution is -0.591. The SMILES string of the molecule is CC(C)N(CCNc1cc([N+](=O)[O-])cc[n+]1[O-])C(C)C. The summed E-state index contributed by atoms with van der Waals surface area (Å²) < 4.78 is 0.599. The van der Waals surface area contributed by atoms with Crippen LogP contribution in [0.2, 0.25) is 0 Å². The minimum atomic E-state index is -0.514. The molecule has 0 fully saturated rings. The van der Waals surface area contributed by atoms with Gasteiger partial charge in [0, 0.05) is 18.6 Å². The average Bonchev–Trinajstić information content (AvgIpc) is 2.35. The fourth-order valence-corrected chi connectivity index (χ4v) is 2.14. The van der Waals surface area contributed by atoms with Crippen LogP contribution in [0.15, 0.2) is 18.3 Å². The molecule has 7 nitrogen and oxygen atoms in total. The molecule has 0 atom stereocenters. The topological polar surface area (TPSA) is 85.3 Å². The third kappa shape index (κ3) is 4.34. The van der Waals surface area contributed by atoms with Gasteiger partial charge in [-0.25, -0.2) is 4.73 Å². The Morgan fingerprint density at radius 3 is 2.45 bits per heavy atom. The third-order valence-corrected chi connectivity index (χ3v) is 3.12. The molecular formula is C13H22N4O3. The van der Waals surface area contributed by atoms with Crippen LogP contribution in [0.4, 0.5) is 11.5 Å². The van der Waals surface area contributed by atoms with Crippen molar-refractivity contribution in [2.24, 2.45) is 0 Å². The van der Waals surface area contributed by atoms with E-state index in [0.717, 1.165) is 12.7 Å². The average molecular weight is 282 g/mol. The first-order valence-electron chi connectivity index (χ1n) is 6.70. The Morgan fingerprint density at radius 1 is 1.35 bits per heavy atom. The molecule has 7 heteroatoms. The van der Waals surface area contributed by atoms with E-state index in [1.807, 2.05) is 0 Å². The molecule has 0 saturated heterocycles. The first kappa shape index (κ1) is 16.2. The molecule has 1 heterocycles. The largest absolute Gasteiger partial charge is 0.711 e. The van der Waals surface area contributed by atoms with Crippen molar-refractivity contribution < 1.29 is 9.65 Å². The summed E-state index contributed by atoms with van der Waals surface area (Å²) in [7, 11) is 0. The summed E-state index contributed by atoms with van der Waals surface area (Å²) in [5.74, 6) is 0.201. The van der Waals surface area contributed by atoms with Crippen molar-refractivity contribution in [3.05, 3.63) is 33.7 Å². The summed E-state index contributed by atoms with van der Waals surface area (Å²) in [4.78, 5) is 12.4. The number of pyridine rings is 1. The molecule has 0 unspecified atom stereocenters. The molecule has 20 heavy (non-hydrogen) atoms. The molecule has 0 radical (unpaired) electrons. The highest BCUT2D eigenvalue weighted by molar-refractivity contribution is 5.40. The van der Waals surface area contributed by atoms with Crippen molar-refractivity contribution in [2.75, 3.05) is 18.4 Å². The van der Waals surface area contributed by atoms with Crippen LogP contribution >= 0.6 is 0 Å². The summed E-state index contributed by atoms with van der Waals surface area (Å²) in [5, 5.41) is 25.2. The number of nitrogens with one attached hydrogen (secondary N) is 1. The Morgan fingerprint density at radius 2 is 1.95 bits per heavy atom. The normalized spacial score (nSPS) is 11.3. The van der Waals surface area contributed by atoms with Gasteiger partial charge < -0.3 is 5.21 Å². The molecule has 0 amide bonds. The number of anilines is 1. The van der Waals surface area contributed by atoms with Crippen molar-refractivity contribution in [2.45, 2.75) is 39.8 Å². The van der Waals surface area contributed by atoms with Crippen molar-refractivity contribution >= 4 is 11.5 Å². The third-order valence-electron chi connectivity index (χ3n) is 3.12. The maximum Gasteiger partial charge on any atom is 0.284 e. The molecule has 0 saturated carbocycles. The predicted octanol–water partition coefficient (Wildman–Crippen LogP) is 1.76. The zero-order valence-corrected chi connectivity index (χ0v) is 12.4. The van der Waals surface area contributed by atoms with Crippen LogP contribution in [0.5, 0.6) is 0 Å². The quantitative estimate of drug-likeness (QED) is 0.356. The Bertz CT molecular complexity index is 455. The maximum atomic E-state index is 11.6. The zero-order valence-electron chi connectivity index (χ0n) is 12.4. The lowest BCUT2D eigenvalue weighted by Crippen LogP contribution is -2.41. The van der Waals surface area contributed by atoms with E-state index in [0.29, 0.717) is 23.4 Å². The van der Waals surface area contributed by atoms with Crippen LogP contribution in [0.25, 0.3) is 0 Å². The van der Waals surface area contributed by atoms with Crippen LogP contribution in [-0.2, 0) is 0 Å². The fourth-order valence-electron chi connectivity index (χ4n) is 2.14. The predicted molar refractivity (Wildman–Crippen MR) is 77.5 cm³/mol. The molecular weight excluding hydrogens is 260 g/mol. The minimum absolute atomic E-state index is 0.0934. The smallest absolute Gasteiger partial charge is 0.284 e. The molecule has 0 spiro atoms. The van der Waals surface area contributed by atoms with Crippen LogP contribution in [-0.4, -0.2) is 35.0 Å². The van der Waals surface area contributed by atoms with Gasteiger partial charge in [0.1, 0.15) is 12.3 Å². The number of aromatic nitrogens is 1. The van der Waals surface area contributed by atoms with E-state index >= 15 is 0 Å². The van der Waals surface area contributed by atoms with Gasteiger partial charge in [0.15, 0.2) is 0 Å². The van der Waals surface area contributed by atoms with Gasteiger partial charge >= 0.3 is 0 Å².